The molecule has 3 nitrogen and oxygen atoms in total. The Labute approximate surface area is 110 Å². The Morgan fingerprint density at radius 1 is 1.59 bits per heavy atom. The van der Waals surface area contributed by atoms with Gasteiger partial charge in [-0.25, -0.2) is 0 Å². The molecule has 1 aliphatic carbocycles. The molecular formula is C13H17BrN2O. The Hall–Kier alpha value is -0.900. The summed E-state index contributed by atoms with van der Waals surface area (Å²) in [6, 6.07) is 4.33. The van der Waals surface area contributed by atoms with Crippen LogP contribution in [-0.2, 0) is 11.3 Å². The minimum absolute atomic E-state index is 0.156. The zero-order valence-electron chi connectivity index (χ0n) is 10.2. The lowest BCUT2D eigenvalue weighted by molar-refractivity contribution is -0.134. The summed E-state index contributed by atoms with van der Waals surface area (Å²) in [5.41, 5.74) is 1.09. The van der Waals surface area contributed by atoms with E-state index in [1.165, 1.54) is 0 Å². The quantitative estimate of drug-likeness (QED) is 0.801. The molecule has 0 spiro atoms. The van der Waals surface area contributed by atoms with Gasteiger partial charge in [0.15, 0.2) is 0 Å². The number of rotatable bonds is 4. The molecule has 1 saturated carbocycles. The molecule has 0 radical (unpaired) electrons. The number of nitrogens with zero attached hydrogens (tertiary/aromatic N) is 2. The summed E-state index contributed by atoms with van der Waals surface area (Å²) in [4.78, 5) is 18.4. The number of amides is 1. The van der Waals surface area contributed by atoms with Gasteiger partial charge in [0.25, 0.3) is 0 Å². The summed E-state index contributed by atoms with van der Waals surface area (Å²) in [6.45, 7) is 4.45. The summed E-state index contributed by atoms with van der Waals surface area (Å²) >= 11 is 3.45. The number of pyridine rings is 1. The maximum absolute atomic E-state index is 12.3. The van der Waals surface area contributed by atoms with E-state index in [0.717, 1.165) is 18.4 Å². The van der Waals surface area contributed by atoms with E-state index >= 15 is 0 Å². The molecule has 1 fully saturated rings. The monoisotopic (exact) mass is 296 g/mol. The fourth-order valence-electron chi connectivity index (χ4n) is 1.78. The van der Waals surface area contributed by atoms with Gasteiger partial charge in [0.05, 0.1) is 4.32 Å². The minimum atomic E-state index is -0.488. The van der Waals surface area contributed by atoms with Crippen molar-refractivity contribution >= 4 is 21.8 Å². The second kappa shape index (κ2) is 4.77. The van der Waals surface area contributed by atoms with Gasteiger partial charge in [-0.3, -0.25) is 9.78 Å². The molecule has 0 aromatic carbocycles. The largest absolute Gasteiger partial charge is 0.334 e. The number of carbonyl (C=O) groups excluding carboxylic acids is 1. The van der Waals surface area contributed by atoms with Crippen molar-refractivity contribution in [1.29, 1.82) is 0 Å². The molecule has 17 heavy (non-hydrogen) atoms. The maximum Gasteiger partial charge on any atom is 0.239 e. The predicted octanol–water partition coefficient (Wildman–Crippen LogP) is 2.75. The normalized spacial score (nSPS) is 15.7. The molecule has 4 heteroatoms. The van der Waals surface area contributed by atoms with Crippen LogP contribution in [-0.4, -0.2) is 26.2 Å². The van der Waals surface area contributed by atoms with Crippen LogP contribution in [0.15, 0.2) is 24.5 Å². The number of hydrogen-bond acceptors (Lipinski definition) is 2. The zero-order valence-corrected chi connectivity index (χ0v) is 11.8. The summed E-state index contributed by atoms with van der Waals surface area (Å²) in [5.74, 6) is 0.156. The van der Waals surface area contributed by atoms with Gasteiger partial charge in [0.2, 0.25) is 5.91 Å². The van der Waals surface area contributed by atoms with Crippen molar-refractivity contribution in [3.05, 3.63) is 30.1 Å². The van der Waals surface area contributed by atoms with Gasteiger partial charge >= 0.3 is 0 Å². The fourth-order valence-corrected chi connectivity index (χ4v) is 2.01. The van der Waals surface area contributed by atoms with Crippen molar-refractivity contribution in [1.82, 2.24) is 9.88 Å². The molecule has 0 bridgehead atoms. The number of carbonyl (C=O) groups is 1. The second-order valence-corrected chi connectivity index (χ2v) is 6.98. The van der Waals surface area contributed by atoms with Crippen LogP contribution in [0.2, 0.25) is 0 Å². The number of hydrogen-bond donors (Lipinski definition) is 0. The highest BCUT2D eigenvalue weighted by Crippen LogP contribution is 2.32. The lowest BCUT2D eigenvalue weighted by Gasteiger charge is -2.28. The molecule has 2 rings (SSSR count). The first-order valence-corrected chi connectivity index (χ1v) is 6.66. The van der Waals surface area contributed by atoms with Gasteiger partial charge in [-0.05, 0) is 38.3 Å². The van der Waals surface area contributed by atoms with E-state index in [1.54, 1.807) is 6.20 Å². The Bertz CT molecular complexity index is 396. The summed E-state index contributed by atoms with van der Waals surface area (Å²) < 4.78 is -0.488. The van der Waals surface area contributed by atoms with Crippen LogP contribution in [0.3, 0.4) is 0 Å². The van der Waals surface area contributed by atoms with Crippen molar-refractivity contribution < 1.29 is 4.79 Å². The minimum Gasteiger partial charge on any atom is -0.334 e. The van der Waals surface area contributed by atoms with E-state index < -0.39 is 4.32 Å². The van der Waals surface area contributed by atoms with Crippen molar-refractivity contribution in [2.45, 2.75) is 43.6 Å². The molecule has 1 aromatic heterocycles. The lowest BCUT2D eigenvalue weighted by atomic mass is 10.1. The number of halogens is 1. The first kappa shape index (κ1) is 12.6. The van der Waals surface area contributed by atoms with E-state index in [1.807, 2.05) is 37.1 Å². The summed E-state index contributed by atoms with van der Waals surface area (Å²) in [6.07, 6.45) is 5.81. The van der Waals surface area contributed by atoms with E-state index in [9.17, 15) is 4.79 Å². The second-order valence-electron chi connectivity index (χ2n) is 5.00. The van der Waals surface area contributed by atoms with Crippen LogP contribution in [0.1, 0.15) is 32.3 Å². The van der Waals surface area contributed by atoms with E-state index in [-0.39, 0.29) is 5.91 Å². The Kier molecular flexibility index (Phi) is 3.52. The van der Waals surface area contributed by atoms with Gasteiger partial charge < -0.3 is 4.90 Å². The standard InChI is InChI=1S/C13H17BrN2O/c1-13(2,14)12(17)16(11-5-6-11)9-10-4-3-7-15-8-10/h3-4,7-8,11H,5-6,9H2,1-2H3. The zero-order chi connectivity index (χ0) is 12.5. The highest BCUT2D eigenvalue weighted by molar-refractivity contribution is 9.10. The highest BCUT2D eigenvalue weighted by atomic mass is 79.9. The Morgan fingerprint density at radius 2 is 2.29 bits per heavy atom. The third-order valence-electron chi connectivity index (χ3n) is 2.83. The molecule has 0 aliphatic heterocycles. The van der Waals surface area contributed by atoms with E-state index in [4.69, 9.17) is 0 Å². The van der Waals surface area contributed by atoms with Gasteiger partial charge in [-0.1, -0.05) is 22.0 Å². The Balaban J connectivity index is 2.11. The number of alkyl halides is 1. The van der Waals surface area contributed by atoms with Gasteiger partial charge in [0.1, 0.15) is 0 Å². The van der Waals surface area contributed by atoms with Crippen molar-refractivity contribution in [2.75, 3.05) is 0 Å². The third-order valence-corrected chi connectivity index (χ3v) is 3.17. The van der Waals surface area contributed by atoms with Crippen molar-refractivity contribution in [2.24, 2.45) is 0 Å². The number of aromatic nitrogens is 1. The van der Waals surface area contributed by atoms with E-state index in [2.05, 4.69) is 20.9 Å². The maximum atomic E-state index is 12.3. The molecule has 1 amide bonds. The topological polar surface area (TPSA) is 33.2 Å². The molecule has 1 aliphatic rings. The molecule has 1 heterocycles. The van der Waals surface area contributed by atoms with Crippen LogP contribution in [0.4, 0.5) is 0 Å². The molecule has 0 saturated heterocycles. The first-order chi connectivity index (χ1) is 7.98. The summed E-state index contributed by atoms with van der Waals surface area (Å²) in [7, 11) is 0. The highest BCUT2D eigenvalue weighted by Gasteiger charge is 2.38. The van der Waals surface area contributed by atoms with Gasteiger partial charge in [-0.15, -0.1) is 0 Å². The molecule has 0 atom stereocenters. The SMILES string of the molecule is CC(C)(Br)C(=O)N(Cc1cccnc1)C1CC1. The smallest absolute Gasteiger partial charge is 0.239 e. The van der Waals surface area contributed by atoms with E-state index in [0.29, 0.717) is 12.6 Å². The molecule has 0 unspecified atom stereocenters. The first-order valence-electron chi connectivity index (χ1n) is 5.87. The van der Waals surface area contributed by atoms with Crippen LogP contribution in [0.25, 0.3) is 0 Å². The third kappa shape index (κ3) is 3.28. The van der Waals surface area contributed by atoms with Crippen molar-refractivity contribution in [3.8, 4) is 0 Å². The molecule has 92 valence electrons. The lowest BCUT2D eigenvalue weighted by Crippen LogP contribution is -2.42. The predicted molar refractivity (Wildman–Crippen MR) is 70.8 cm³/mol. The Morgan fingerprint density at radius 3 is 2.76 bits per heavy atom. The van der Waals surface area contributed by atoms with Crippen LogP contribution in [0.5, 0.6) is 0 Å². The summed E-state index contributed by atoms with van der Waals surface area (Å²) in [5, 5.41) is 0. The molecule has 0 N–H and O–H groups in total. The molecule has 1 aromatic rings. The average molecular weight is 297 g/mol. The van der Waals surface area contributed by atoms with Crippen molar-refractivity contribution in [3.63, 3.8) is 0 Å². The van der Waals surface area contributed by atoms with Crippen LogP contribution >= 0.6 is 15.9 Å². The van der Waals surface area contributed by atoms with Crippen LogP contribution in [0, 0.1) is 0 Å². The van der Waals surface area contributed by atoms with Gasteiger partial charge in [-0.2, -0.15) is 0 Å². The molecular weight excluding hydrogens is 280 g/mol. The fraction of sp³-hybridized carbons (Fsp3) is 0.538. The van der Waals surface area contributed by atoms with Gasteiger partial charge in [0, 0.05) is 25.0 Å². The average Bonchev–Trinajstić information content (AvgIpc) is 3.09. The van der Waals surface area contributed by atoms with Crippen LogP contribution < -0.4 is 0 Å².